The van der Waals surface area contributed by atoms with Crippen LogP contribution in [0.4, 0.5) is 36.0 Å². The fourth-order valence-corrected chi connectivity index (χ4v) is 3.40. The van der Waals surface area contributed by atoms with Crippen LogP contribution in [0.15, 0.2) is 66.9 Å². The maximum absolute atomic E-state index is 14.6. The van der Waals surface area contributed by atoms with Gasteiger partial charge in [-0.25, -0.2) is 34.6 Å². The second kappa shape index (κ2) is 11.5. The van der Waals surface area contributed by atoms with Gasteiger partial charge in [-0.15, -0.1) is 0 Å². The van der Waals surface area contributed by atoms with Crippen molar-refractivity contribution in [2.75, 3.05) is 29.0 Å². The quantitative estimate of drug-likeness (QED) is 0.334. The highest BCUT2D eigenvalue weighted by molar-refractivity contribution is 5.94. The molecule has 0 radical (unpaired) electrons. The minimum atomic E-state index is -0.779. The molecule has 6 amide bonds. The number of pyridine rings is 1. The summed E-state index contributed by atoms with van der Waals surface area (Å²) >= 11 is 0. The molecule has 0 spiro atoms. The van der Waals surface area contributed by atoms with E-state index in [0.717, 1.165) is 18.9 Å². The molecule has 0 saturated carbocycles. The molecule has 186 valence electrons. The third-order valence-electron chi connectivity index (χ3n) is 5.10. The van der Waals surface area contributed by atoms with E-state index in [1.165, 1.54) is 30.5 Å². The Bertz CT molecular complexity index is 1240. The highest BCUT2D eigenvalue weighted by Gasteiger charge is 2.18. The lowest BCUT2D eigenvalue weighted by atomic mass is 10.3. The number of aromatic nitrogens is 1. The van der Waals surface area contributed by atoms with Gasteiger partial charge in [0.2, 0.25) is 0 Å². The topological polar surface area (TPSA) is 137 Å². The van der Waals surface area contributed by atoms with Gasteiger partial charge >= 0.3 is 18.1 Å². The lowest BCUT2D eigenvalue weighted by Crippen LogP contribution is -2.45. The smallest absolute Gasteiger partial charge is 0.337 e. The molecule has 12 heteroatoms. The minimum absolute atomic E-state index is 0.0932. The number of halogens is 1. The van der Waals surface area contributed by atoms with Gasteiger partial charge in [0.25, 0.3) is 0 Å². The van der Waals surface area contributed by atoms with Crippen LogP contribution < -0.4 is 31.5 Å². The summed E-state index contributed by atoms with van der Waals surface area (Å²) in [4.78, 5) is 41.9. The number of rotatable bonds is 5. The van der Waals surface area contributed by atoms with Crippen LogP contribution in [0.2, 0.25) is 0 Å². The Morgan fingerprint density at radius 1 is 0.833 bits per heavy atom. The van der Waals surface area contributed by atoms with Crippen molar-refractivity contribution in [2.24, 2.45) is 0 Å². The van der Waals surface area contributed by atoms with E-state index in [1.807, 2.05) is 0 Å². The van der Waals surface area contributed by atoms with Crippen LogP contribution in [0.25, 0.3) is 0 Å². The predicted molar refractivity (Wildman–Crippen MR) is 131 cm³/mol. The summed E-state index contributed by atoms with van der Waals surface area (Å²) in [5.41, 5.74) is 5.01. The standard InChI is InChI=1S/C24H24FN7O4/c25-19-14-17(28-23(34)31-30-22(33)27-16-6-2-1-3-7-16)8-9-20(19)36-18-10-11-26-21(15-18)29-24(35)32-12-4-5-13-32/h1-3,6-11,14-15H,4-5,12-13H2,(H,26,29,35)(H2,27,30,33)(H2,28,31,34). The number of nitrogens with one attached hydrogen (secondary N) is 5. The number of hydrogen-bond donors (Lipinski definition) is 5. The lowest BCUT2D eigenvalue weighted by molar-refractivity contribution is 0.222. The van der Waals surface area contributed by atoms with Crippen molar-refractivity contribution in [1.29, 1.82) is 0 Å². The molecule has 1 aromatic heterocycles. The average molecular weight is 493 g/mol. The Labute approximate surface area is 206 Å². The normalized spacial score (nSPS) is 12.4. The Morgan fingerprint density at radius 2 is 1.53 bits per heavy atom. The lowest BCUT2D eigenvalue weighted by Gasteiger charge is -2.16. The van der Waals surface area contributed by atoms with E-state index in [4.69, 9.17) is 4.74 Å². The van der Waals surface area contributed by atoms with Crippen molar-refractivity contribution in [3.8, 4) is 11.5 Å². The van der Waals surface area contributed by atoms with Crippen LogP contribution in [0, 0.1) is 5.82 Å². The monoisotopic (exact) mass is 493 g/mol. The zero-order valence-corrected chi connectivity index (χ0v) is 19.1. The summed E-state index contributed by atoms with van der Waals surface area (Å²) in [5, 5.41) is 7.63. The van der Waals surface area contributed by atoms with Crippen LogP contribution in [-0.2, 0) is 0 Å². The zero-order chi connectivity index (χ0) is 25.3. The first-order valence-corrected chi connectivity index (χ1v) is 11.1. The molecule has 1 aliphatic rings. The maximum Gasteiger partial charge on any atom is 0.337 e. The number of carbonyl (C=O) groups excluding carboxylic acids is 3. The first-order chi connectivity index (χ1) is 17.5. The molecule has 0 atom stereocenters. The molecule has 0 bridgehead atoms. The number of carbonyl (C=O) groups is 3. The molecule has 1 fully saturated rings. The van der Waals surface area contributed by atoms with Gasteiger partial charge in [0.05, 0.1) is 0 Å². The molecule has 11 nitrogen and oxygen atoms in total. The Morgan fingerprint density at radius 3 is 2.22 bits per heavy atom. The van der Waals surface area contributed by atoms with E-state index < -0.39 is 17.9 Å². The molecular formula is C24H24FN7O4. The fraction of sp³-hybridized carbons (Fsp3) is 0.167. The molecule has 36 heavy (non-hydrogen) atoms. The van der Waals surface area contributed by atoms with Crippen molar-refractivity contribution in [3.63, 3.8) is 0 Å². The Balaban J connectivity index is 1.28. The van der Waals surface area contributed by atoms with Gasteiger partial charge in [-0.2, -0.15) is 0 Å². The van der Waals surface area contributed by atoms with Crippen LogP contribution in [-0.4, -0.2) is 41.1 Å². The number of para-hydroxylation sites is 1. The van der Waals surface area contributed by atoms with Crippen molar-refractivity contribution in [2.45, 2.75) is 12.8 Å². The molecule has 0 unspecified atom stereocenters. The molecule has 1 aliphatic heterocycles. The fourth-order valence-electron chi connectivity index (χ4n) is 3.40. The van der Waals surface area contributed by atoms with Gasteiger partial charge in [0.15, 0.2) is 11.6 Å². The summed E-state index contributed by atoms with van der Waals surface area (Å²) in [6.45, 7) is 1.39. The molecule has 1 saturated heterocycles. The van der Waals surface area contributed by atoms with Crippen molar-refractivity contribution in [1.82, 2.24) is 20.7 Å². The number of hydrazine groups is 1. The number of benzene rings is 2. The average Bonchev–Trinajstić information content (AvgIpc) is 3.41. The van der Waals surface area contributed by atoms with Gasteiger partial charge in [0.1, 0.15) is 11.6 Å². The first-order valence-electron chi connectivity index (χ1n) is 11.1. The summed E-state index contributed by atoms with van der Waals surface area (Å²) in [6, 6.07) is 13.8. The first kappa shape index (κ1) is 24.3. The van der Waals surface area contributed by atoms with E-state index >= 15 is 0 Å². The van der Waals surface area contributed by atoms with Crippen LogP contribution in [0.3, 0.4) is 0 Å². The van der Waals surface area contributed by atoms with Crippen molar-refractivity contribution < 1.29 is 23.5 Å². The second-order valence-electron chi connectivity index (χ2n) is 7.77. The van der Waals surface area contributed by atoms with E-state index in [-0.39, 0.29) is 29.0 Å². The Hall–Kier alpha value is -4.87. The van der Waals surface area contributed by atoms with Crippen LogP contribution >= 0.6 is 0 Å². The number of urea groups is 3. The van der Waals surface area contributed by atoms with E-state index in [0.29, 0.717) is 18.8 Å². The molecule has 4 rings (SSSR count). The van der Waals surface area contributed by atoms with Gasteiger partial charge < -0.3 is 20.3 Å². The van der Waals surface area contributed by atoms with E-state index in [1.54, 1.807) is 35.2 Å². The summed E-state index contributed by atoms with van der Waals surface area (Å²) < 4.78 is 20.2. The number of nitrogens with zero attached hydrogens (tertiary/aromatic N) is 2. The molecular weight excluding hydrogens is 469 g/mol. The third-order valence-corrected chi connectivity index (χ3v) is 5.10. The molecule has 3 aromatic rings. The third kappa shape index (κ3) is 6.82. The predicted octanol–water partition coefficient (Wildman–Crippen LogP) is 4.50. The Kier molecular flexibility index (Phi) is 7.76. The van der Waals surface area contributed by atoms with Gasteiger partial charge in [-0.05, 0) is 43.2 Å². The maximum atomic E-state index is 14.6. The number of anilines is 3. The van der Waals surface area contributed by atoms with E-state index in [9.17, 15) is 18.8 Å². The van der Waals surface area contributed by atoms with Crippen LogP contribution in [0.1, 0.15) is 12.8 Å². The summed E-state index contributed by atoms with van der Waals surface area (Å²) in [7, 11) is 0. The number of likely N-dealkylation sites (tertiary alicyclic amines) is 1. The van der Waals surface area contributed by atoms with Crippen molar-refractivity contribution in [3.05, 3.63) is 72.7 Å². The highest BCUT2D eigenvalue weighted by atomic mass is 19.1. The van der Waals surface area contributed by atoms with Gasteiger partial charge in [-0.1, -0.05) is 18.2 Å². The van der Waals surface area contributed by atoms with Crippen LogP contribution in [0.5, 0.6) is 11.5 Å². The number of hydrogen-bond acceptors (Lipinski definition) is 5. The molecule has 2 heterocycles. The molecule has 5 N–H and O–H groups in total. The minimum Gasteiger partial charge on any atom is -0.454 e. The van der Waals surface area contributed by atoms with E-state index in [2.05, 4.69) is 31.8 Å². The highest BCUT2D eigenvalue weighted by Crippen LogP contribution is 2.27. The number of ether oxygens (including phenoxy) is 1. The van der Waals surface area contributed by atoms with Crippen molar-refractivity contribution >= 4 is 35.3 Å². The molecule has 2 aromatic carbocycles. The SMILES string of the molecule is O=C(NNC(=O)Nc1ccc(Oc2ccnc(NC(=O)N3CCCC3)c2)c(F)c1)Nc1ccccc1. The molecule has 0 aliphatic carbocycles. The number of amides is 6. The summed E-state index contributed by atoms with van der Waals surface area (Å²) in [5.74, 6) is -0.275. The largest absolute Gasteiger partial charge is 0.454 e. The zero-order valence-electron chi connectivity index (χ0n) is 19.1. The van der Waals surface area contributed by atoms with Gasteiger partial charge in [-0.3, -0.25) is 5.32 Å². The van der Waals surface area contributed by atoms with Gasteiger partial charge in [0, 0.05) is 42.8 Å². The summed E-state index contributed by atoms with van der Waals surface area (Å²) in [6.07, 6.45) is 3.37. The second-order valence-corrected chi connectivity index (χ2v) is 7.77.